The van der Waals surface area contributed by atoms with E-state index >= 15 is 0 Å². The van der Waals surface area contributed by atoms with E-state index in [1.165, 1.54) is 7.05 Å². The highest BCUT2D eigenvalue weighted by Gasteiger charge is 2.15. The number of rotatable bonds is 3. The third-order valence-corrected chi connectivity index (χ3v) is 2.49. The monoisotopic (exact) mass is 254 g/mol. The Balaban J connectivity index is 2.59. The summed E-state index contributed by atoms with van der Waals surface area (Å²) in [5.41, 5.74) is 0.607. The van der Waals surface area contributed by atoms with Gasteiger partial charge in [-0.1, -0.05) is 18.5 Å². The lowest BCUT2D eigenvalue weighted by Gasteiger charge is -2.15. The van der Waals surface area contributed by atoms with Gasteiger partial charge in [-0.2, -0.15) is 0 Å². The molecule has 0 saturated heterocycles. The Hall–Kier alpha value is -1.55. The smallest absolute Gasteiger partial charge is 0.307 e. The van der Waals surface area contributed by atoms with E-state index in [2.05, 4.69) is 5.32 Å². The van der Waals surface area contributed by atoms with Crippen LogP contribution in [0, 0.1) is 0 Å². The van der Waals surface area contributed by atoms with Crippen molar-refractivity contribution in [3.8, 4) is 0 Å². The normalized spacial score (nSPS) is 9.82. The van der Waals surface area contributed by atoms with E-state index in [0.717, 1.165) is 11.3 Å². The predicted molar refractivity (Wildman–Crippen MR) is 68.1 cm³/mol. The molecule has 4 nitrogen and oxygen atoms in total. The molecule has 1 aromatic carbocycles. The van der Waals surface area contributed by atoms with Gasteiger partial charge in [0.05, 0.1) is 0 Å². The van der Waals surface area contributed by atoms with Gasteiger partial charge in [0, 0.05) is 24.2 Å². The molecule has 1 N–H and O–H groups in total. The fourth-order valence-electron chi connectivity index (χ4n) is 1.24. The summed E-state index contributed by atoms with van der Waals surface area (Å²) in [6.07, 6.45) is 1.09. The third-order valence-electron chi connectivity index (χ3n) is 2.24. The van der Waals surface area contributed by atoms with Gasteiger partial charge in [-0.3, -0.25) is 9.69 Å². The second-order valence-electron chi connectivity index (χ2n) is 3.64. The maximum absolute atomic E-state index is 11.7. The fraction of sp³-hybridized carbons (Fsp3) is 0.333. The lowest BCUT2D eigenvalue weighted by molar-refractivity contribution is -0.127. The van der Waals surface area contributed by atoms with Crippen molar-refractivity contribution >= 4 is 29.2 Å². The van der Waals surface area contributed by atoms with Crippen molar-refractivity contribution in [1.29, 1.82) is 0 Å². The van der Waals surface area contributed by atoms with Crippen molar-refractivity contribution in [2.45, 2.75) is 19.8 Å². The minimum absolute atomic E-state index is 0.195. The number of halogens is 1. The molecular formula is C12H15ClN2O2. The van der Waals surface area contributed by atoms with Crippen LogP contribution in [0.1, 0.15) is 19.8 Å². The van der Waals surface area contributed by atoms with Gasteiger partial charge in [0.15, 0.2) is 0 Å². The highest BCUT2D eigenvalue weighted by Crippen LogP contribution is 2.13. The molecule has 0 heterocycles. The number of urea groups is 1. The molecule has 92 valence electrons. The highest BCUT2D eigenvalue weighted by molar-refractivity contribution is 6.30. The first-order valence-electron chi connectivity index (χ1n) is 5.37. The van der Waals surface area contributed by atoms with Gasteiger partial charge in [0.2, 0.25) is 5.91 Å². The Kier molecular flexibility index (Phi) is 4.97. The fourth-order valence-corrected chi connectivity index (χ4v) is 1.36. The summed E-state index contributed by atoms with van der Waals surface area (Å²) in [5, 5.41) is 3.21. The second-order valence-corrected chi connectivity index (χ2v) is 4.08. The number of anilines is 1. The van der Waals surface area contributed by atoms with E-state index in [1.54, 1.807) is 24.3 Å². The van der Waals surface area contributed by atoms with Crippen molar-refractivity contribution in [2.75, 3.05) is 12.4 Å². The quantitative estimate of drug-likeness (QED) is 0.901. The summed E-state index contributed by atoms with van der Waals surface area (Å²) < 4.78 is 0. The van der Waals surface area contributed by atoms with Crippen LogP contribution in [-0.2, 0) is 4.79 Å². The third kappa shape index (κ3) is 4.07. The molecular weight excluding hydrogens is 240 g/mol. The van der Waals surface area contributed by atoms with Gasteiger partial charge in [-0.25, -0.2) is 4.79 Å². The van der Waals surface area contributed by atoms with Crippen LogP contribution in [0.2, 0.25) is 5.02 Å². The highest BCUT2D eigenvalue weighted by atomic mass is 35.5. The average Bonchev–Trinajstić information content (AvgIpc) is 2.31. The molecule has 17 heavy (non-hydrogen) atoms. The van der Waals surface area contributed by atoms with E-state index in [0.29, 0.717) is 17.1 Å². The van der Waals surface area contributed by atoms with Crippen molar-refractivity contribution in [3.05, 3.63) is 29.3 Å². The van der Waals surface area contributed by atoms with E-state index in [4.69, 9.17) is 11.6 Å². The van der Waals surface area contributed by atoms with Gasteiger partial charge in [-0.05, 0) is 30.7 Å². The SMILES string of the molecule is CCCC(=O)N(C)C(=O)Nc1ccc(Cl)cc1. The van der Waals surface area contributed by atoms with Crippen LogP contribution >= 0.6 is 11.6 Å². The Labute approximate surface area is 106 Å². The minimum Gasteiger partial charge on any atom is -0.307 e. The maximum atomic E-state index is 11.7. The van der Waals surface area contributed by atoms with Crippen molar-refractivity contribution in [2.24, 2.45) is 0 Å². The molecule has 0 aromatic heterocycles. The zero-order valence-corrected chi connectivity index (χ0v) is 10.6. The van der Waals surface area contributed by atoms with Crippen LogP contribution in [0.3, 0.4) is 0 Å². The molecule has 0 atom stereocenters. The topological polar surface area (TPSA) is 49.4 Å². The molecule has 0 unspecified atom stereocenters. The Morgan fingerprint density at radius 2 is 1.88 bits per heavy atom. The number of hydrogen-bond acceptors (Lipinski definition) is 2. The van der Waals surface area contributed by atoms with Crippen LogP contribution in [0.25, 0.3) is 0 Å². The van der Waals surface area contributed by atoms with E-state index in [-0.39, 0.29) is 5.91 Å². The standard InChI is InChI=1S/C12H15ClN2O2/c1-3-4-11(16)15(2)12(17)14-10-7-5-9(13)6-8-10/h5-8H,3-4H2,1-2H3,(H,14,17). The van der Waals surface area contributed by atoms with E-state index in [9.17, 15) is 9.59 Å². The molecule has 0 fully saturated rings. The number of hydrogen-bond donors (Lipinski definition) is 1. The average molecular weight is 255 g/mol. The second kappa shape index (κ2) is 6.25. The molecule has 0 aliphatic carbocycles. The van der Waals surface area contributed by atoms with Gasteiger partial charge in [-0.15, -0.1) is 0 Å². The molecule has 5 heteroatoms. The first-order chi connectivity index (χ1) is 8.04. The van der Waals surface area contributed by atoms with Crippen LogP contribution in [0.15, 0.2) is 24.3 Å². The number of carbonyl (C=O) groups is 2. The van der Waals surface area contributed by atoms with Gasteiger partial charge >= 0.3 is 6.03 Å². The van der Waals surface area contributed by atoms with E-state index in [1.807, 2.05) is 6.92 Å². The van der Waals surface area contributed by atoms with Crippen molar-refractivity contribution in [1.82, 2.24) is 4.90 Å². The van der Waals surface area contributed by atoms with Crippen molar-refractivity contribution < 1.29 is 9.59 Å². The maximum Gasteiger partial charge on any atom is 0.328 e. The Morgan fingerprint density at radius 3 is 2.41 bits per heavy atom. The number of carbonyl (C=O) groups excluding carboxylic acids is 2. The summed E-state index contributed by atoms with van der Waals surface area (Å²) >= 11 is 5.73. The van der Waals surface area contributed by atoms with Crippen LogP contribution < -0.4 is 5.32 Å². The largest absolute Gasteiger partial charge is 0.328 e. The summed E-state index contributed by atoms with van der Waals surface area (Å²) in [7, 11) is 1.46. The van der Waals surface area contributed by atoms with E-state index < -0.39 is 6.03 Å². The van der Waals surface area contributed by atoms with Crippen LogP contribution in [0.5, 0.6) is 0 Å². The number of nitrogens with zero attached hydrogens (tertiary/aromatic N) is 1. The molecule has 1 rings (SSSR count). The van der Waals surface area contributed by atoms with Gasteiger partial charge < -0.3 is 5.32 Å². The summed E-state index contributed by atoms with van der Waals surface area (Å²) in [4.78, 5) is 24.2. The molecule has 3 amide bonds. The lowest BCUT2D eigenvalue weighted by Crippen LogP contribution is -2.36. The number of imide groups is 1. The molecule has 1 aromatic rings. The van der Waals surface area contributed by atoms with Gasteiger partial charge in [0.1, 0.15) is 0 Å². The minimum atomic E-state index is -0.439. The molecule has 0 radical (unpaired) electrons. The zero-order valence-electron chi connectivity index (χ0n) is 9.87. The molecule has 0 saturated carbocycles. The van der Waals surface area contributed by atoms with Crippen molar-refractivity contribution in [3.63, 3.8) is 0 Å². The van der Waals surface area contributed by atoms with Gasteiger partial charge in [0.25, 0.3) is 0 Å². The predicted octanol–water partition coefficient (Wildman–Crippen LogP) is 3.13. The van der Waals surface area contributed by atoms with Crippen LogP contribution in [0.4, 0.5) is 10.5 Å². The molecule has 0 aliphatic heterocycles. The summed E-state index contributed by atoms with van der Waals surface area (Å²) in [5.74, 6) is -0.195. The molecule has 0 bridgehead atoms. The lowest BCUT2D eigenvalue weighted by atomic mass is 10.3. The number of benzene rings is 1. The summed E-state index contributed by atoms with van der Waals surface area (Å²) in [6, 6.07) is 6.26. The zero-order chi connectivity index (χ0) is 12.8. The van der Waals surface area contributed by atoms with Crippen LogP contribution in [-0.4, -0.2) is 23.9 Å². The Bertz CT molecular complexity index is 403. The summed E-state index contributed by atoms with van der Waals surface area (Å²) in [6.45, 7) is 1.89. The first-order valence-corrected chi connectivity index (χ1v) is 5.75. The first kappa shape index (κ1) is 13.5. The Morgan fingerprint density at radius 1 is 1.29 bits per heavy atom. The molecule has 0 spiro atoms. The molecule has 0 aliphatic rings. The number of amides is 3. The number of nitrogens with one attached hydrogen (secondary N) is 1.